The number of rotatable bonds is 6. The van der Waals surface area contributed by atoms with Gasteiger partial charge in [-0.2, -0.15) is 0 Å². The van der Waals surface area contributed by atoms with Gasteiger partial charge < -0.3 is 5.32 Å². The Kier molecular flexibility index (Phi) is 5.03. The minimum absolute atomic E-state index is 0.132. The van der Waals surface area contributed by atoms with E-state index in [0.29, 0.717) is 11.3 Å². The largest absolute Gasteiger partial charge is 0.369 e. The number of anilines is 1. The van der Waals surface area contributed by atoms with E-state index < -0.39 is 4.92 Å². The number of nitro benzene ring substituents is 1. The normalized spacial score (nSPS) is 11.6. The molecule has 0 saturated carbocycles. The summed E-state index contributed by atoms with van der Waals surface area (Å²) in [4.78, 5) is 26.6. The number of nitrogens with zero attached hydrogens (tertiary/aromatic N) is 2. The molecule has 0 radical (unpaired) electrons. The van der Waals surface area contributed by atoms with Crippen LogP contribution in [0, 0.1) is 10.1 Å². The summed E-state index contributed by atoms with van der Waals surface area (Å²) in [5.74, 6) is -0.214. The number of pyridine rings is 1. The molecule has 0 spiro atoms. The van der Waals surface area contributed by atoms with Gasteiger partial charge in [0.1, 0.15) is 5.69 Å². The van der Waals surface area contributed by atoms with Crippen molar-refractivity contribution in [2.75, 3.05) is 5.32 Å². The number of aromatic nitrogens is 1. The van der Waals surface area contributed by atoms with Gasteiger partial charge in [-0.05, 0) is 42.3 Å². The van der Waals surface area contributed by atoms with Gasteiger partial charge >= 0.3 is 0 Å². The summed E-state index contributed by atoms with van der Waals surface area (Å²) >= 11 is 0. The third-order valence-electron chi connectivity index (χ3n) is 4.07. The fourth-order valence-corrected chi connectivity index (χ4v) is 2.74. The van der Waals surface area contributed by atoms with E-state index in [9.17, 15) is 14.9 Å². The molecule has 1 atom stereocenters. The minimum atomic E-state index is -0.483. The Morgan fingerprint density at radius 2 is 1.69 bits per heavy atom. The first kappa shape index (κ1) is 17.3. The van der Waals surface area contributed by atoms with Gasteiger partial charge in [-0.25, -0.2) is 0 Å². The quantitative estimate of drug-likeness (QED) is 0.406. The Morgan fingerprint density at radius 3 is 2.31 bits per heavy atom. The van der Waals surface area contributed by atoms with Crippen molar-refractivity contribution >= 4 is 17.2 Å². The number of hydrogen-bond acceptors (Lipinski definition) is 5. The molecule has 1 N–H and O–H groups in total. The van der Waals surface area contributed by atoms with Crippen LogP contribution in [0.3, 0.4) is 0 Å². The van der Waals surface area contributed by atoms with Crippen molar-refractivity contribution in [3.8, 4) is 0 Å². The zero-order valence-corrected chi connectivity index (χ0v) is 14.1. The fourth-order valence-electron chi connectivity index (χ4n) is 2.74. The zero-order valence-electron chi connectivity index (χ0n) is 14.1. The van der Waals surface area contributed by atoms with Crippen LogP contribution in [0.25, 0.3) is 0 Å². The lowest BCUT2D eigenvalue weighted by Crippen LogP contribution is -2.14. The Balaban J connectivity index is 2.05. The van der Waals surface area contributed by atoms with E-state index in [1.54, 1.807) is 24.5 Å². The molecule has 0 aliphatic heterocycles. The maximum absolute atomic E-state index is 11.5. The third-order valence-corrected chi connectivity index (χ3v) is 4.07. The first-order valence-corrected chi connectivity index (χ1v) is 8.07. The number of benzene rings is 2. The van der Waals surface area contributed by atoms with Gasteiger partial charge in [-0.1, -0.05) is 30.3 Å². The van der Waals surface area contributed by atoms with E-state index in [4.69, 9.17) is 0 Å². The number of carbonyl (C=O) groups is 1. The summed E-state index contributed by atoms with van der Waals surface area (Å²) in [6.07, 6.45) is 3.36. The molecule has 0 aliphatic carbocycles. The maximum atomic E-state index is 11.5. The van der Waals surface area contributed by atoms with Crippen molar-refractivity contribution in [3.63, 3.8) is 0 Å². The van der Waals surface area contributed by atoms with Gasteiger partial charge in [-0.3, -0.25) is 19.9 Å². The summed E-state index contributed by atoms with van der Waals surface area (Å²) in [6.45, 7) is 1.38. The molecule has 6 nitrogen and oxygen atoms in total. The third kappa shape index (κ3) is 3.75. The highest BCUT2D eigenvalue weighted by atomic mass is 16.6. The lowest BCUT2D eigenvalue weighted by molar-refractivity contribution is -0.384. The van der Waals surface area contributed by atoms with Gasteiger partial charge in [0.2, 0.25) is 0 Å². The van der Waals surface area contributed by atoms with Crippen molar-refractivity contribution in [3.05, 3.63) is 99.9 Å². The molecule has 0 saturated heterocycles. The van der Waals surface area contributed by atoms with Crippen LogP contribution in [0.2, 0.25) is 0 Å². The molecule has 1 aromatic heterocycles. The molecule has 2 aromatic carbocycles. The fraction of sp³-hybridized carbons (Fsp3) is 0.100. The van der Waals surface area contributed by atoms with Gasteiger partial charge in [0.05, 0.1) is 11.0 Å². The van der Waals surface area contributed by atoms with Crippen LogP contribution in [0.1, 0.15) is 34.5 Å². The van der Waals surface area contributed by atoms with E-state index in [2.05, 4.69) is 10.3 Å². The first-order chi connectivity index (χ1) is 12.6. The Hall–Kier alpha value is -3.54. The molecule has 0 fully saturated rings. The first-order valence-electron chi connectivity index (χ1n) is 8.07. The SMILES string of the molecule is CC(=O)c1ccc(N[C@@H](c2ccccc2)c2ccncc2)c([N+](=O)[O-])c1. The number of nitrogens with one attached hydrogen (secondary N) is 1. The van der Waals surface area contributed by atoms with Crippen LogP contribution in [0.5, 0.6) is 0 Å². The number of hydrogen-bond donors (Lipinski definition) is 1. The summed E-state index contributed by atoms with van der Waals surface area (Å²) in [5, 5.41) is 14.7. The minimum Gasteiger partial charge on any atom is -0.369 e. The van der Waals surface area contributed by atoms with E-state index in [1.165, 1.54) is 13.0 Å². The summed E-state index contributed by atoms with van der Waals surface area (Å²) in [7, 11) is 0. The molecule has 3 aromatic rings. The summed E-state index contributed by atoms with van der Waals surface area (Å²) in [5.41, 5.74) is 2.42. The van der Waals surface area contributed by atoms with Gasteiger partial charge in [0.15, 0.2) is 5.78 Å². The molecular weight excluding hydrogens is 330 g/mol. The van der Waals surface area contributed by atoms with Gasteiger partial charge in [0, 0.05) is 24.0 Å². The monoisotopic (exact) mass is 347 g/mol. The molecule has 6 heteroatoms. The Labute approximate surface area is 150 Å². The van der Waals surface area contributed by atoms with E-state index in [0.717, 1.165) is 11.1 Å². The van der Waals surface area contributed by atoms with Crippen molar-refractivity contribution in [1.29, 1.82) is 0 Å². The molecule has 0 bridgehead atoms. The summed E-state index contributed by atoms with van der Waals surface area (Å²) < 4.78 is 0. The van der Waals surface area contributed by atoms with Gasteiger partial charge in [-0.15, -0.1) is 0 Å². The molecule has 0 unspecified atom stereocenters. The Bertz CT molecular complexity index is 888. The topological polar surface area (TPSA) is 85.1 Å². The summed E-state index contributed by atoms with van der Waals surface area (Å²) in [6, 6.07) is 17.6. The second-order valence-electron chi connectivity index (χ2n) is 5.81. The maximum Gasteiger partial charge on any atom is 0.293 e. The van der Waals surface area contributed by atoms with Crippen molar-refractivity contribution in [2.45, 2.75) is 13.0 Å². The lowest BCUT2D eigenvalue weighted by atomic mass is 9.99. The predicted octanol–water partition coefficient (Wildman–Crippen LogP) is 4.39. The average Bonchev–Trinajstić information content (AvgIpc) is 2.67. The number of carbonyl (C=O) groups excluding carboxylic acids is 1. The molecule has 130 valence electrons. The molecule has 3 rings (SSSR count). The zero-order chi connectivity index (χ0) is 18.5. The predicted molar refractivity (Wildman–Crippen MR) is 99.2 cm³/mol. The molecule has 26 heavy (non-hydrogen) atoms. The smallest absolute Gasteiger partial charge is 0.293 e. The van der Waals surface area contributed by atoms with Crippen LogP contribution in [0.15, 0.2) is 73.1 Å². The van der Waals surface area contributed by atoms with Crippen LogP contribution in [-0.4, -0.2) is 15.7 Å². The van der Waals surface area contributed by atoms with Crippen molar-refractivity contribution in [2.24, 2.45) is 0 Å². The van der Waals surface area contributed by atoms with Gasteiger partial charge in [0.25, 0.3) is 5.69 Å². The molecule has 0 aliphatic rings. The highest BCUT2D eigenvalue weighted by Crippen LogP contribution is 2.32. The van der Waals surface area contributed by atoms with Crippen molar-refractivity contribution < 1.29 is 9.72 Å². The van der Waals surface area contributed by atoms with Crippen LogP contribution in [0.4, 0.5) is 11.4 Å². The van der Waals surface area contributed by atoms with Crippen LogP contribution < -0.4 is 5.32 Å². The second kappa shape index (κ2) is 7.57. The molecular formula is C20H17N3O3. The molecule has 1 heterocycles. The average molecular weight is 347 g/mol. The van der Waals surface area contributed by atoms with Crippen LogP contribution in [-0.2, 0) is 0 Å². The van der Waals surface area contributed by atoms with E-state index >= 15 is 0 Å². The molecule has 0 amide bonds. The van der Waals surface area contributed by atoms with E-state index in [-0.39, 0.29) is 17.5 Å². The van der Waals surface area contributed by atoms with Crippen LogP contribution >= 0.6 is 0 Å². The highest BCUT2D eigenvalue weighted by molar-refractivity contribution is 5.95. The second-order valence-corrected chi connectivity index (χ2v) is 5.81. The number of ketones is 1. The lowest BCUT2D eigenvalue weighted by Gasteiger charge is -2.21. The number of Topliss-reactive ketones (excluding diaryl/α,β-unsaturated/α-hetero) is 1. The Morgan fingerprint density at radius 1 is 1.04 bits per heavy atom. The van der Waals surface area contributed by atoms with Crippen molar-refractivity contribution in [1.82, 2.24) is 4.98 Å². The van der Waals surface area contributed by atoms with E-state index in [1.807, 2.05) is 42.5 Å². The highest BCUT2D eigenvalue weighted by Gasteiger charge is 2.21. The number of nitro groups is 1. The standard InChI is InChI=1S/C20H17N3O3/c1-14(24)17-7-8-18(19(13-17)23(25)26)22-20(15-5-3-2-4-6-15)16-9-11-21-12-10-16/h2-13,20,22H,1H3/t20-/m0/s1.